The first kappa shape index (κ1) is 18.4. The zero-order valence-electron chi connectivity index (χ0n) is 15.8. The maximum Gasteiger partial charge on any atom is 0.329 e. The van der Waals surface area contributed by atoms with Crippen LogP contribution in [0, 0.1) is 6.92 Å². The Morgan fingerprint density at radius 2 is 1.97 bits per heavy atom. The second kappa shape index (κ2) is 7.59. The van der Waals surface area contributed by atoms with E-state index in [9.17, 15) is 14.4 Å². The molecule has 1 aliphatic rings. The number of amides is 4. The number of hydrogen-bond acceptors (Lipinski definition) is 4. The number of nitrogens with zero attached hydrogens (tertiary/aromatic N) is 3. The van der Waals surface area contributed by atoms with Gasteiger partial charge in [0.25, 0.3) is 11.8 Å². The van der Waals surface area contributed by atoms with Crippen molar-refractivity contribution in [2.75, 3.05) is 16.8 Å². The molecule has 1 aromatic heterocycles. The molecule has 4 rings (SSSR count). The largest absolute Gasteiger partial charge is 0.329 e. The van der Waals surface area contributed by atoms with Gasteiger partial charge in [-0.1, -0.05) is 18.2 Å². The van der Waals surface area contributed by atoms with Gasteiger partial charge in [0, 0.05) is 23.6 Å². The molecule has 0 radical (unpaired) electrons. The minimum absolute atomic E-state index is 0.0280. The van der Waals surface area contributed by atoms with Gasteiger partial charge in [-0.05, 0) is 48.4 Å². The number of hydrogen-bond donors (Lipinski definition) is 2. The fraction of sp³-hybridized carbons (Fsp3) is 0.143. The molecule has 2 heterocycles. The van der Waals surface area contributed by atoms with Crippen LogP contribution in [0.3, 0.4) is 0 Å². The standard InChI is InChI=1S/C21H19N5O3/c1-14-3-8-17(11-18(14)26-19(27)12-22-21(26)29)24-20(28)16-6-4-15(5-7-16)13-25-10-2-9-23-25/h2-11H,12-13H2,1H3,(H,22,29)(H,24,28). The molecule has 4 amide bonds. The number of aromatic nitrogens is 2. The lowest BCUT2D eigenvalue weighted by Gasteiger charge is -2.17. The zero-order valence-corrected chi connectivity index (χ0v) is 15.8. The summed E-state index contributed by atoms with van der Waals surface area (Å²) in [5.74, 6) is -0.600. The van der Waals surface area contributed by atoms with E-state index in [2.05, 4.69) is 15.7 Å². The van der Waals surface area contributed by atoms with Crippen molar-refractivity contribution in [2.24, 2.45) is 0 Å². The number of carbonyl (C=O) groups is 3. The predicted octanol–water partition coefficient (Wildman–Crippen LogP) is 2.55. The summed E-state index contributed by atoms with van der Waals surface area (Å²) in [7, 11) is 0. The van der Waals surface area contributed by atoms with Gasteiger partial charge in [-0.25, -0.2) is 9.69 Å². The van der Waals surface area contributed by atoms with Gasteiger partial charge >= 0.3 is 6.03 Å². The van der Waals surface area contributed by atoms with Gasteiger partial charge in [0.05, 0.1) is 18.8 Å². The normalized spacial score (nSPS) is 13.5. The van der Waals surface area contributed by atoms with Crippen molar-refractivity contribution in [3.05, 3.63) is 77.6 Å². The first-order chi connectivity index (χ1) is 14.0. The lowest BCUT2D eigenvalue weighted by Crippen LogP contribution is -2.31. The molecule has 1 saturated heterocycles. The highest BCUT2D eigenvalue weighted by Gasteiger charge is 2.31. The van der Waals surface area contributed by atoms with E-state index in [1.807, 2.05) is 24.4 Å². The van der Waals surface area contributed by atoms with E-state index in [1.165, 1.54) is 0 Å². The molecule has 2 aromatic carbocycles. The van der Waals surface area contributed by atoms with Crippen molar-refractivity contribution < 1.29 is 14.4 Å². The molecule has 1 aliphatic heterocycles. The molecule has 2 N–H and O–H groups in total. The molecule has 146 valence electrons. The van der Waals surface area contributed by atoms with E-state index in [0.29, 0.717) is 23.5 Å². The minimum Gasteiger partial charge on any atom is -0.328 e. The van der Waals surface area contributed by atoms with Gasteiger partial charge in [0.15, 0.2) is 0 Å². The summed E-state index contributed by atoms with van der Waals surface area (Å²) in [5.41, 5.74) is 3.25. The first-order valence-corrected chi connectivity index (χ1v) is 9.10. The third-order valence-electron chi connectivity index (χ3n) is 4.67. The van der Waals surface area contributed by atoms with Crippen LogP contribution >= 0.6 is 0 Å². The van der Waals surface area contributed by atoms with Gasteiger partial charge in [-0.15, -0.1) is 0 Å². The molecule has 0 atom stereocenters. The van der Waals surface area contributed by atoms with E-state index in [4.69, 9.17) is 0 Å². The zero-order chi connectivity index (χ0) is 20.4. The van der Waals surface area contributed by atoms with E-state index >= 15 is 0 Å². The third kappa shape index (κ3) is 3.86. The Morgan fingerprint density at radius 1 is 1.17 bits per heavy atom. The van der Waals surface area contributed by atoms with Crippen LogP contribution in [-0.2, 0) is 11.3 Å². The summed E-state index contributed by atoms with van der Waals surface area (Å²) in [6.45, 7) is 2.40. The van der Waals surface area contributed by atoms with Gasteiger partial charge in [0.2, 0.25) is 0 Å². The highest BCUT2D eigenvalue weighted by molar-refractivity contribution is 6.20. The lowest BCUT2D eigenvalue weighted by molar-refractivity contribution is -0.115. The maximum atomic E-state index is 12.6. The van der Waals surface area contributed by atoms with Crippen molar-refractivity contribution in [3.8, 4) is 0 Å². The summed E-state index contributed by atoms with van der Waals surface area (Å²) in [6, 6.07) is 13.8. The molecular weight excluding hydrogens is 370 g/mol. The fourth-order valence-corrected chi connectivity index (χ4v) is 3.14. The second-order valence-electron chi connectivity index (χ2n) is 6.74. The van der Waals surface area contributed by atoms with Gasteiger partial charge in [-0.3, -0.25) is 14.3 Å². The Morgan fingerprint density at radius 3 is 2.62 bits per heavy atom. The van der Waals surface area contributed by atoms with Gasteiger partial charge in [-0.2, -0.15) is 5.10 Å². The number of imide groups is 1. The Hall–Kier alpha value is -3.94. The van der Waals surface area contributed by atoms with E-state index in [-0.39, 0.29) is 18.4 Å². The Bertz CT molecular complexity index is 1060. The molecule has 8 heteroatoms. The summed E-state index contributed by atoms with van der Waals surface area (Å²) in [4.78, 5) is 37.6. The average Bonchev–Trinajstić information content (AvgIpc) is 3.34. The molecule has 3 aromatic rings. The Kier molecular flexibility index (Phi) is 4.82. The fourth-order valence-electron chi connectivity index (χ4n) is 3.14. The number of urea groups is 1. The Labute approximate surface area is 167 Å². The molecule has 0 spiro atoms. The molecule has 0 unspecified atom stereocenters. The predicted molar refractivity (Wildman–Crippen MR) is 108 cm³/mol. The quantitative estimate of drug-likeness (QED) is 0.656. The molecule has 1 fully saturated rings. The van der Waals surface area contributed by atoms with Gasteiger partial charge < -0.3 is 10.6 Å². The van der Waals surface area contributed by atoms with E-state index < -0.39 is 6.03 Å². The van der Waals surface area contributed by atoms with Crippen LogP contribution in [0.15, 0.2) is 60.9 Å². The molecule has 0 bridgehead atoms. The number of aryl methyl sites for hydroxylation is 1. The lowest BCUT2D eigenvalue weighted by atomic mass is 10.1. The van der Waals surface area contributed by atoms with Crippen molar-refractivity contribution in [1.82, 2.24) is 15.1 Å². The van der Waals surface area contributed by atoms with E-state index in [0.717, 1.165) is 16.0 Å². The number of benzene rings is 2. The van der Waals surface area contributed by atoms with Crippen LogP contribution < -0.4 is 15.5 Å². The molecule has 8 nitrogen and oxygen atoms in total. The van der Waals surface area contributed by atoms with Crippen LogP contribution in [0.25, 0.3) is 0 Å². The van der Waals surface area contributed by atoms with Crippen molar-refractivity contribution in [1.29, 1.82) is 0 Å². The van der Waals surface area contributed by atoms with E-state index in [1.54, 1.807) is 48.1 Å². The summed E-state index contributed by atoms with van der Waals surface area (Å²) in [5, 5.41) is 9.48. The average molecular weight is 389 g/mol. The van der Waals surface area contributed by atoms with Gasteiger partial charge in [0.1, 0.15) is 0 Å². The summed E-state index contributed by atoms with van der Waals surface area (Å²) >= 11 is 0. The Balaban J connectivity index is 1.49. The summed E-state index contributed by atoms with van der Waals surface area (Å²) in [6.07, 6.45) is 3.60. The van der Waals surface area contributed by atoms with Crippen molar-refractivity contribution >= 4 is 29.2 Å². The number of anilines is 2. The third-order valence-corrected chi connectivity index (χ3v) is 4.67. The SMILES string of the molecule is Cc1ccc(NC(=O)c2ccc(Cn3cccn3)cc2)cc1N1C(=O)CNC1=O. The highest BCUT2D eigenvalue weighted by Crippen LogP contribution is 2.26. The van der Waals surface area contributed by atoms with Crippen LogP contribution in [0.5, 0.6) is 0 Å². The van der Waals surface area contributed by atoms with Crippen LogP contribution in [0.2, 0.25) is 0 Å². The monoisotopic (exact) mass is 389 g/mol. The molecule has 0 aliphatic carbocycles. The van der Waals surface area contributed by atoms with Crippen molar-refractivity contribution in [3.63, 3.8) is 0 Å². The highest BCUT2D eigenvalue weighted by atomic mass is 16.2. The smallest absolute Gasteiger partial charge is 0.328 e. The van der Waals surface area contributed by atoms with Crippen LogP contribution in [-0.4, -0.2) is 34.2 Å². The van der Waals surface area contributed by atoms with Crippen LogP contribution in [0.4, 0.5) is 16.2 Å². The first-order valence-electron chi connectivity index (χ1n) is 9.10. The number of carbonyl (C=O) groups excluding carboxylic acids is 3. The molecule has 29 heavy (non-hydrogen) atoms. The second-order valence-corrected chi connectivity index (χ2v) is 6.74. The summed E-state index contributed by atoms with van der Waals surface area (Å²) < 4.78 is 1.80. The van der Waals surface area contributed by atoms with Crippen molar-refractivity contribution in [2.45, 2.75) is 13.5 Å². The van der Waals surface area contributed by atoms with Crippen LogP contribution in [0.1, 0.15) is 21.5 Å². The minimum atomic E-state index is -0.464. The number of nitrogens with one attached hydrogen (secondary N) is 2. The number of rotatable bonds is 5. The molecular formula is C21H19N5O3. The maximum absolute atomic E-state index is 12.6. The topological polar surface area (TPSA) is 96.3 Å². The molecule has 0 saturated carbocycles.